The summed E-state index contributed by atoms with van der Waals surface area (Å²) in [6.07, 6.45) is 0. The Morgan fingerprint density at radius 1 is 1.00 bits per heavy atom. The minimum atomic E-state index is -0.0848. The lowest BCUT2D eigenvalue weighted by Crippen LogP contribution is -2.18. The quantitative estimate of drug-likeness (QED) is 0.855. The molecule has 1 atom stereocenters. The van der Waals surface area contributed by atoms with E-state index in [1.54, 1.807) is 19.2 Å². The highest BCUT2D eigenvalue weighted by molar-refractivity contribution is 6.42. The highest BCUT2D eigenvalue weighted by Gasteiger charge is 2.18. The van der Waals surface area contributed by atoms with Crippen LogP contribution >= 0.6 is 34.8 Å². The zero-order chi connectivity index (χ0) is 14.7. The molecule has 0 aromatic heterocycles. The molecule has 0 amide bonds. The van der Waals surface area contributed by atoms with Gasteiger partial charge in [0.05, 0.1) is 23.2 Å². The molecule has 0 fully saturated rings. The Labute approximate surface area is 133 Å². The van der Waals surface area contributed by atoms with Crippen molar-refractivity contribution in [2.45, 2.75) is 6.04 Å². The smallest absolute Gasteiger partial charge is 0.124 e. The fraction of sp³-hybridized carbons (Fsp3) is 0.200. The highest BCUT2D eigenvalue weighted by atomic mass is 35.5. The van der Waals surface area contributed by atoms with Gasteiger partial charge in [-0.25, -0.2) is 0 Å². The fourth-order valence-electron chi connectivity index (χ4n) is 2.12. The van der Waals surface area contributed by atoms with E-state index in [2.05, 4.69) is 5.32 Å². The van der Waals surface area contributed by atoms with E-state index >= 15 is 0 Å². The molecule has 0 bridgehead atoms. The van der Waals surface area contributed by atoms with Crippen LogP contribution in [0, 0.1) is 0 Å². The zero-order valence-corrected chi connectivity index (χ0v) is 13.4. The lowest BCUT2D eigenvalue weighted by molar-refractivity contribution is 0.405. The van der Waals surface area contributed by atoms with Gasteiger partial charge in [0.2, 0.25) is 0 Å². The van der Waals surface area contributed by atoms with Crippen LogP contribution in [0.25, 0.3) is 0 Å². The van der Waals surface area contributed by atoms with Crippen molar-refractivity contribution in [3.63, 3.8) is 0 Å². The van der Waals surface area contributed by atoms with Crippen LogP contribution in [-0.2, 0) is 0 Å². The molecule has 1 unspecified atom stereocenters. The van der Waals surface area contributed by atoms with Crippen LogP contribution in [0.3, 0.4) is 0 Å². The van der Waals surface area contributed by atoms with Crippen LogP contribution in [0.1, 0.15) is 17.2 Å². The Morgan fingerprint density at radius 3 is 2.35 bits per heavy atom. The van der Waals surface area contributed by atoms with Crippen molar-refractivity contribution in [3.8, 4) is 5.75 Å². The lowest BCUT2D eigenvalue weighted by atomic mass is 9.98. The van der Waals surface area contributed by atoms with E-state index in [1.165, 1.54) is 0 Å². The largest absolute Gasteiger partial charge is 0.496 e. The summed E-state index contributed by atoms with van der Waals surface area (Å²) in [6, 6.07) is 11.0. The molecule has 106 valence electrons. The van der Waals surface area contributed by atoms with Crippen molar-refractivity contribution in [1.82, 2.24) is 5.32 Å². The predicted molar refractivity (Wildman–Crippen MR) is 85.4 cm³/mol. The topological polar surface area (TPSA) is 21.3 Å². The third-order valence-corrected chi connectivity index (χ3v) is 4.04. The number of ether oxygens (including phenoxy) is 1. The first kappa shape index (κ1) is 15.5. The molecule has 0 aliphatic rings. The number of halogens is 3. The van der Waals surface area contributed by atoms with E-state index < -0.39 is 0 Å². The molecule has 2 aromatic carbocycles. The maximum absolute atomic E-state index is 6.09. The van der Waals surface area contributed by atoms with Gasteiger partial charge >= 0.3 is 0 Å². The maximum atomic E-state index is 6.09. The van der Waals surface area contributed by atoms with Crippen LogP contribution in [0.5, 0.6) is 5.75 Å². The number of hydrogen-bond donors (Lipinski definition) is 1. The van der Waals surface area contributed by atoms with E-state index in [0.717, 1.165) is 16.9 Å². The third kappa shape index (κ3) is 3.21. The van der Waals surface area contributed by atoms with Gasteiger partial charge in [-0.05, 0) is 42.9 Å². The van der Waals surface area contributed by atoms with Gasteiger partial charge in [-0.2, -0.15) is 0 Å². The molecule has 2 aromatic rings. The van der Waals surface area contributed by atoms with E-state index in [-0.39, 0.29) is 6.04 Å². The molecular formula is C15H14Cl3NO. The van der Waals surface area contributed by atoms with E-state index in [9.17, 15) is 0 Å². The minimum absolute atomic E-state index is 0.0848. The van der Waals surface area contributed by atoms with Crippen LogP contribution < -0.4 is 10.1 Å². The fourth-order valence-corrected chi connectivity index (χ4v) is 2.61. The van der Waals surface area contributed by atoms with E-state index in [1.807, 2.05) is 31.3 Å². The Balaban J connectivity index is 2.51. The maximum Gasteiger partial charge on any atom is 0.124 e. The molecule has 0 radical (unpaired) electrons. The second kappa shape index (κ2) is 6.68. The molecule has 0 spiro atoms. The summed E-state index contributed by atoms with van der Waals surface area (Å²) in [6.45, 7) is 0. The monoisotopic (exact) mass is 329 g/mol. The predicted octanol–water partition coefficient (Wildman–Crippen LogP) is 4.96. The van der Waals surface area contributed by atoms with Crippen molar-refractivity contribution in [1.29, 1.82) is 0 Å². The zero-order valence-electron chi connectivity index (χ0n) is 11.1. The summed E-state index contributed by atoms with van der Waals surface area (Å²) in [5.74, 6) is 0.764. The second-order valence-electron chi connectivity index (χ2n) is 4.28. The van der Waals surface area contributed by atoms with Gasteiger partial charge in [0, 0.05) is 10.6 Å². The normalized spacial score (nSPS) is 12.2. The van der Waals surface area contributed by atoms with E-state index in [4.69, 9.17) is 39.5 Å². The first-order chi connectivity index (χ1) is 9.56. The number of hydrogen-bond acceptors (Lipinski definition) is 2. The van der Waals surface area contributed by atoms with Crippen molar-refractivity contribution >= 4 is 34.8 Å². The number of nitrogens with one attached hydrogen (secondary N) is 1. The van der Waals surface area contributed by atoms with Gasteiger partial charge in [0.25, 0.3) is 0 Å². The summed E-state index contributed by atoms with van der Waals surface area (Å²) in [5, 5.41) is 4.95. The Hall–Kier alpha value is -0.930. The first-order valence-electron chi connectivity index (χ1n) is 6.02. The van der Waals surface area contributed by atoms with Gasteiger partial charge in [0.15, 0.2) is 0 Å². The van der Waals surface area contributed by atoms with Crippen molar-refractivity contribution in [2.24, 2.45) is 0 Å². The molecule has 5 heteroatoms. The molecule has 0 aliphatic heterocycles. The summed E-state index contributed by atoms with van der Waals surface area (Å²) in [4.78, 5) is 0. The van der Waals surface area contributed by atoms with Gasteiger partial charge < -0.3 is 10.1 Å². The highest BCUT2D eigenvalue weighted by Crippen LogP contribution is 2.34. The lowest BCUT2D eigenvalue weighted by Gasteiger charge is -2.20. The van der Waals surface area contributed by atoms with E-state index in [0.29, 0.717) is 15.1 Å². The Bertz CT molecular complexity index is 616. The number of benzene rings is 2. The van der Waals surface area contributed by atoms with Gasteiger partial charge in [-0.15, -0.1) is 0 Å². The minimum Gasteiger partial charge on any atom is -0.496 e. The summed E-state index contributed by atoms with van der Waals surface area (Å²) >= 11 is 18.1. The molecule has 2 nitrogen and oxygen atoms in total. The number of rotatable bonds is 4. The SMILES string of the molecule is CNC(c1ccc(Cl)c(Cl)c1)c1cc(Cl)ccc1OC. The molecule has 0 aliphatic carbocycles. The van der Waals surface area contributed by atoms with Crippen LogP contribution in [0.4, 0.5) is 0 Å². The molecule has 0 heterocycles. The molecule has 2 rings (SSSR count). The standard InChI is InChI=1S/C15H14Cl3NO/c1-19-15(9-3-5-12(17)13(18)7-9)11-8-10(16)4-6-14(11)20-2/h3-8,15,19H,1-2H3. The Kier molecular flexibility index (Phi) is 5.17. The average molecular weight is 331 g/mol. The van der Waals surface area contributed by atoms with Crippen molar-refractivity contribution in [3.05, 3.63) is 62.6 Å². The van der Waals surface area contributed by atoms with Gasteiger partial charge in [-0.1, -0.05) is 40.9 Å². The third-order valence-electron chi connectivity index (χ3n) is 3.07. The molecule has 0 saturated carbocycles. The first-order valence-corrected chi connectivity index (χ1v) is 7.16. The summed E-state index contributed by atoms with van der Waals surface area (Å²) in [7, 11) is 3.50. The summed E-state index contributed by atoms with van der Waals surface area (Å²) < 4.78 is 5.40. The molecule has 1 N–H and O–H groups in total. The van der Waals surface area contributed by atoms with Crippen molar-refractivity contribution in [2.75, 3.05) is 14.2 Å². The number of methoxy groups -OCH3 is 1. The average Bonchev–Trinajstić information content (AvgIpc) is 2.44. The van der Waals surface area contributed by atoms with Crippen LogP contribution in [0.15, 0.2) is 36.4 Å². The molecule has 0 saturated heterocycles. The molecule has 20 heavy (non-hydrogen) atoms. The van der Waals surface area contributed by atoms with Crippen LogP contribution in [-0.4, -0.2) is 14.2 Å². The van der Waals surface area contributed by atoms with Crippen molar-refractivity contribution < 1.29 is 4.74 Å². The summed E-state index contributed by atoms with van der Waals surface area (Å²) in [5.41, 5.74) is 1.93. The van der Waals surface area contributed by atoms with Crippen LogP contribution in [0.2, 0.25) is 15.1 Å². The van der Waals surface area contributed by atoms with Gasteiger partial charge in [0.1, 0.15) is 5.75 Å². The molecular weight excluding hydrogens is 317 g/mol. The Morgan fingerprint density at radius 2 is 1.75 bits per heavy atom. The van der Waals surface area contributed by atoms with Gasteiger partial charge in [-0.3, -0.25) is 0 Å². The second-order valence-corrected chi connectivity index (χ2v) is 5.53.